The summed E-state index contributed by atoms with van der Waals surface area (Å²) in [5.41, 5.74) is 5.84. The van der Waals surface area contributed by atoms with Gasteiger partial charge in [0.15, 0.2) is 5.41 Å². The molecular weight excluding hydrogens is 354 g/mol. The Labute approximate surface area is 155 Å². The minimum Gasteiger partial charge on any atom is -0.399 e. The number of hydrogen-bond donors (Lipinski definition) is 1. The second-order valence-electron chi connectivity index (χ2n) is 6.17. The zero-order chi connectivity index (χ0) is 18.2. The molecule has 25 heavy (non-hydrogen) atoms. The van der Waals surface area contributed by atoms with Crippen LogP contribution in [0.1, 0.15) is 17.7 Å². The highest BCUT2D eigenvalue weighted by Crippen LogP contribution is 2.55. The maximum atomic E-state index is 9.92. The van der Waals surface area contributed by atoms with E-state index < -0.39 is 11.3 Å². The standard InChI is InChI=1S/C18H16ClN5S/c1-2-24-6-5-11-12(7-20)17(23)18(9-21,10-22)16(13(11)8-24)14-3-4-15(19)25-14/h3-5,13,16H,2,6,8,23H2,1H3/t13-,16-/m0/s1. The van der Waals surface area contributed by atoms with Crippen molar-refractivity contribution < 1.29 is 0 Å². The highest BCUT2D eigenvalue weighted by Gasteiger charge is 2.54. The summed E-state index contributed by atoms with van der Waals surface area (Å²) in [6.07, 6.45) is 2.00. The molecule has 126 valence electrons. The molecule has 0 amide bonds. The van der Waals surface area contributed by atoms with Crippen LogP contribution in [-0.4, -0.2) is 24.5 Å². The lowest BCUT2D eigenvalue weighted by atomic mass is 9.59. The first-order chi connectivity index (χ1) is 12.0. The van der Waals surface area contributed by atoms with Crippen LogP contribution in [0.4, 0.5) is 0 Å². The van der Waals surface area contributed by atoms with Gasteiger partial charge in [-0.2, -0.15) is 15.8 Å². The van der Waals surface area contributed by atoms with Crippen molar-refractivity contribution in [3.8, 4) is 18.2 Å². The van der Waals surface area contributed by atoms with Gasteiger partial charge in [0, 0.05) is 29.8 Å². The van der Waals surface area contributed by atoms with Gasteiger partial charge in [-0.15, -0.1) is 11.3 Å². The third-order valence-corrected chi connectivity index (χ3v) is 6.40. The third-order valence-electron chi connectivity index (χ3n) is 5.09. The first kappa shape index (κ1) is 17.5. The Kier molecular flexibility index (Phi) is 4.58. The molecule has 7 heteroatoms. The predicted molar refractivity (Wildman–Crippen MR) is 96.2 cm³/mol. The molecule has 2 aliphatic rings. The van der Waals surface area contributed by atoms with E-state index >= 15 is 0 Å². The molecule has 2 atom stereocenters. The Morgan fingerprint density at radius 2 is 2.08 bits per heavy atom. The minimum atomic E-state index is -1.57. The maximum absolute atomic E-state index is 9.92. The topological polar surface area (TPSA) is 101 Å². The Morgan fingerprint density at radius 3 is 2.60 bits per heavy atom. The Balaban J connectivity index is 2.30. The van der Waals surface area contributed by atoms with Crippen LogP contribution in [0.15, 0.2) is 35.1 Å². The van der Waals surface area contributed by atoms with Gasteiger partial charge in [0.25, 0.3) is 0 Å². The van der Waals surface area contributed by atoms with Gasteiger partial charge in [0.05, 0.1) is 27.7 Å². The Morgan fingerprint density at radius 1 is 1.36 bits per heavy atom. The Hall–Kier alpha value is -2.30. The molecule has 5 nitrogen and oxygen atoms in total. The fourth-order valence-corrected chi connectivity index (χ4v) is 5.09. The summed E-state index contributed by atoms with van der Waals surface area (Å²) in [7, 11) is 0. The number of nitrogens with two attached hydrogens (primary N) is 1. The van der Waals surface area contributed by atoms with Crippen LogP contribution < -0.4 is 5.73 Å². The largest absolute Gasteiger partial charge is 0.399 e. The van der Waals surface area contributed by atoms with Crippen LogP contribution in [0.5, 0.6) is 0 Å². The maximum Gasteiger partial charge on any atom is 0.192 e. The monoisotopic (exact) mass is 369 g/mol. The number of allylic oxidation sites excluding steroid dienone is 2. The molecule has 0 unspecified atom stereocenters. The summed E-state index contributed by atoms with van der Waals surface area (Å²) >= 11 is 7.47. The molecular formula is C18H16ClN5S. The lowest BCUT2D eigenvalue weighted by Crippen LogP contribution is -2.47. The van der Waals surface area contributed by atoms with Gasteiger partial charge in [0.2, 0.25) is 0 Å². The number of nitriles is 3. The van der Waals surface area contributed by atoms with E-state index in [1.807, 2.05) is 12.1 Å². The third kappa shape index (κ3) is 2.53. The number of nitrogens with zero attached hydrogens (tertiary/aromatic N) is 4. The number of fused-ring (bicyclic) bond motifs is 1. The second-order valence-corrected chi connectivity index (χ2v) is 7.92. The summed E-state index contributed by atoms with van der Waals surface area (Å²) in [6.45, 7) is 4.32. The number of halogens is 1. The van der Waals surface area contributed by atoms with Crippen molar-refractivity contribution in [1.82, 2.24) is 4.90 Å². The first-order valence-electron chi connectivity index (χ1n) is 7.93. The van der Waals surface area contributed by atoms with Crippen LogP contribution in [-0.2, 0) is 0 Å². The van der Waals surface area contributed by atoms with E-state index in [4.69, 9.17) is 17.3 Å². The quantitative estimate of drug-likeness (QED) is 0.862. The fourth-order valence-electron chi connectivity index (χ4n) is 3.80. The van der Waals surface area contributed by atoms with Crippen LogP contribution in [0, 0.1) is 45.3 Å². The van der Waals surface area contributed by atoms with Crippen LogP contribution in [0.2, 0.25) is 4.34 Å². The van der Waals surface area contributed by atoms with Crippen LogP contribution >= 0.6 is 22.9 Å². The summed E-state index contributed by atoms with van der Waals surface area (Å²) in [6, 6.07) is 10.0. The van der Waals surface area contributed by atoms with Gasteiger partial charge in [-0.25, -0.2) is 0 Å². The summed E-state index contributed by atoms with van der Waals surface area (Å²) < 4.78 is 0.599. The SMILES string of the molecule is CCN1CC=C2C(C#N)=C(N)C(C#N)(C#N)[C@H](c3ccc(Cl)s3)[C@H]2C1. The highest BCUT2D eigenvalue weighted by atomic mass is 35.5. The van der Waals surface area contributed by atoms with E-state index in [1.165, 1.54) is 11.3 Å². The second kappa shape index (κ2) is 6.54. The normalized spacial score (nSPS) is 25.3. The molecule has 1 aliphatic carbocycles. The number of likely N-dealkylation sites (N-methyl/N-ethyl adjacent to an activating group) is 1. The Bertz CT molecular complexity index is 878. The molecule has 0 saturated carbocycles. The lowest BCUT2D eigenvalue weighted by Gasteiger charge is -2.44. The van der Waals surface area contributed by atoms with Gasteiger partial charge >= 0.3 is 0 Å². The van der Waals surface area contributed by atoms with Gasteiger partial charge in [-0.1, -0.05) is 24.6 Å². The molecule has 1 aromatic rings. The van der Waals surface area contributed by atoms with Crippen LogP contribution in [0.25, 0.3) is 0 Å². The molecule has 1 aliphatic heterocycles. The zero-order valence-corrected chi connectivity index (χ0v) is 15.2. The van der Waals surface area contributed by atoms with Gasteiger partial charge in [-0.05, 0) is 24.3 Å². The molecule has 0 aromatic carbocycles. The molecule has 0 radical (unpaired) electrons. The summed E-state index contributed by atoms with van der Waals surface area (Å²) in [5.74, 6) is -0.595. The zero-order valence-electron chi connectivity index (χ0n) is 13.7. The van der Waals surface area contributed by atoms with E-state index in [1.54, 1.807) is 6.07 Å². The van der Waals surface area contributed by atoms with Crippen molar-refractivity contribution >= 4 is 22.9 Å². The molecule has 0 spiro atoms. The predicted octanol–water partition coefficient (Wildman–Crippen LogP) is 3.15. The molecule has 0 saturated heterocycles. The van der Waals surface area contributed by atoms with Crippen molar-refractivity contribution in [3.05, 3.63) is 44.3 Å². The fraction of sp³-hybridized carbons (Fsp3) is 0.389. The van der Waals surface area contributed by atoms with Gasteiger partial charge in [-0.3, -0.25) is 4.90 Å². The van der Waals surface area contributed by atoms with Crippen molar-refractivity contribution in [2.75, 3.05) is 19.6 Å². The van der Waals surface area contributed by atoms with Crippen molar-refractivity contribution in [1.29, 1.82) is 15.8 Å². The van der Waals surface area contributed by atoms with E-state index in [0.717, 1.165) is 23.5 Å². The number of rotatable bonds is 2. The minimum absolute atomic E-state index is 0.0574. The van der Waals surface area contributed by atoms with Crippen molar-refractivity contribution in [2.45, 2.75) is 12.8 Å². The smallest absolute Gasteiger partial charge is 0.192 e. The molecule has 1 aromatic heterocycles. The highest BCUT2D eigenvalue weighted by molar-refractivity contribution is 7.16. The van der Waals surface area contributed by atoms with Gasteiger partial charge < -0.3 is 5.73 Å². The van der Waals surface area contributed by atoms with E-state index in [2.05, 4.69) is 30.0 Å². The van der Waals surface area contributed by atoms with Crippen molar-refractivity contribution in [2.24, 2.45) is 17.1 Å². The summed E-state index contributed by atoms with van der Waals surface area (Å²) in [4.78, 5) is 3.08. The number of thiophene rings is 1. The number of hydrogen-bond acceptors (Lipinski definition) is 6. The average Bonchev–Trinajstić information content (AvgIpc) is 3.06. The van der Waals surface area contributed by atoms with Gasteiger partial charge in [0.1, 0.15) is 6.07 Å². The van der Waals surface area contributed by atoms with E-state index in [0.29, 0.717) is 10.9 Å². The first-order valence-corrected chi connectivity index (χ1v) is 9.12. The molecule has 3 rings (SSSR count). The molecule has 2 heterocycles. The average molecular weight is 370 g/mol. The van der Waals surface area contributed by atoms with Crippen molar-refractivity contribution in [3.63, 3.8) is 0 Å². The molecule has 0 fully saturated rings. The molecule has 2 N–H and O–H groups in total. The van der Waals surface area contributed by atoms with E-state index in [9.17, 15) is 15.8 Å². The molecule has 0 bridgehead atoms. The lowest BCUT2D eigenvalue weighted by molar-refractivity contribution is 0.216. The van der Waals surface area contributed by atoms with Crippen LogP contribution in [0.3, 0.4) is 0 Å². The van der Waals surface area contributed by atoms with E-state index in [-0.39, 0.29) is 17.2 Å². The summed E-state index contributed by atoms with van der Waals surface area (Å²) in [5, 5.41) is 29.5.